The fraction of sp³-hybridized carbons (Fsp3) is 0.333. The largest absolute Gasteiger partial charge is 0.349 e. The molecule has 1 heterocycles. The number of nitrogens with one attached hydrogen (secondary N) is 2. The Morgan fingerprint density at radius 1 is 1.06 bits per heavy atom. The molecule has 0 saturated carbocycles. The van der Waals surface area contributed by atoms with Gasteiger partial charge in [-0.2, -0.15) is 0 Å². The van der Waals surface area contributed by atoms with Gasteiger partial charge in [-0.15, -0.1) is 10.2 Å². The number of anilines is 1. The first-order valence-electron chi connectivity index (χ1n) is 10.6. The highest BCUT2D eigenvalue weighted by molar-refractivity contribution is 7.99. The molecule has 1 aromatic heterocycles. The second-order valence-corrected chi connectivity index (χ2v) is 8.99. The second kappa shape index (κ2) is 10.9. The zero-order chi connectivity index (χ0) is 23.1. The van der Waals surface area contributed by atoms with E-state index < -0.39 is 0 Å². The Hall–Kier alpha value is -3.13. The predicted molar refractivity (Wildman–Crippen MR) is 128 cm³/mol. The van der Waals surface area contributed by atoms with Crippen LogP contribution in [-0.4, -0.2) is 32.3 Å². The third-order valence-electron chi connectivity index (χ3n) is 4.80. The van der Waals surface area contributed by atoms with Crippen molar-refractivity contribution in [2.45, 2.75) is 45.3 Å². The molecule has 7 nitrogen and oxygen atoms in total. The lowest BCUT2D eigenvalue weighted by molar-refractivity contribution is -0.119. The standard InChI is InChI=1S/C24H29N5O2S/c1-16(2)13-22(19-9-6-5-7-10-19)26-23(31)15-32-24-28-27-17(3)29(24)21-12-8-11-20(14-21)25-18(4)30/h5-12,14,16,22H,13,15H2,1-4H3,(H,25,30)(H,26,31). The Morgan fingerprint density at radius 3 is 2.50 bits per heavy atom. The second-order valence-electron chi connectivity index (χ2n) is 8.05. The van der Waals surface area contributed by atoms with Crippen LogP contribution in [0.15, 0.2) is 59.8 Å². The zero-order valence-electron chi connectivity index (χ0n) is 18.8. The number of benzene rings is 2. The summed E-state index contributed by atoms with van der Waals surface area (Å²) >= 11 is 1.34. The van der Waals surface area contributed by atoms with E-state index in [9.17, 15) is 9.59 Å². The number of aryl methyl sites for hydroxylation is 1. The maximum absolute atomic E-state index is 12.8. The maximum Gasteiger partial charge on any atom is 0.230 e. The summed E-state index contributed by atoms with van der Waals surface area (Å²) in [5, 5.41) is 15.0. The number of nitrogens with zero attached hydrogens (tertiary/aromatic N) is 3. The Morgan fingerprint density at radius 2 is 1.81 bits per heavy atom. The summed E-state index contributed by atoms with van der Waals surface area (Å²) in [4.78, 5) is 24.2. The van der Waals surface area contributed by atoms with Gasteiger partial charge in [0.05, 0.1) is 17.5 Å². The first-order valence-corrected chi connectivity index (χ1v) is 11.6. The highest BCUT2D eigenvalue weighted by Crippen LogP contribution is 2.25. The molecule has 0 bridgehead atoms. The molecule has 0 radical (unpaired) electrons. The van der Waals surface area contributed by atoms with E-state index in [0.717, 1.165) is 17.7 Å². The minimum absolute atomic E-state index is 0.0294. The molecule has 0 aliphatic heterocycles. The topological polar surface area (TPSA) is 88.9 Å². The molecule has 0 fully saturated rings. The van der Waals surface area contributed by atoms with Crippen molar-refractivity contribution in [1.82, 2.24) is 20.1 Å². The predicted octanol–water partition coefficient (Wildman–Crippen LogP) is 4.53. The van der Waals surface area contributed by atoms with Gasteiger partial charge in [0.15, 0.2) is 5.16 Å². The van der Waals surface area contributed by atoms with E-state index in [4.69, 9.17) is 0 Å². The van der Waals surface area contributed by atoms with Gasteiger partial charge in [-0.1, -0.05) is 62.0 Å². The lowest BCUT2D eigenvalue weighted by Crippen LogP contribution is -2.31. The highest BCUT2D eigenvalue weighted by atomic mass is 32.2. The molecule has 3 aromatic rings. The lowest BCUT2D eigenvalue weighted by atomic mass is 9.97. The molecule has 8 heteroatoms. The van der Waals surface area contributed by atoms with E-state index in [1.54, 1.807) is 0 Å². The van der Waals surface area contributed by atoms with E-state index >= 15 is 0 Å². The van der Waals surface area contributed by atoms with Crippen molar-refractivity contribution in [3.8, 4) is 5.69 Å². The number of thioether (sulfide) groups is 1. The number of hydrogen-bond acceptors (Lipinski definition) is 5. The van der Waals surface area contributed by atoms with Gasteiger partial charge in [-0.25, -0.2) is 0 Å². The van der Waals surface area contributed by atoms with Crippen molar-refractivity contribution >= 4 is 29.3 Å². The van der Waals surface area contributed by atoms with Gasteiger partial charge in [-0.05, 0) is 43.0 Å². The van der Waals surface area contributed by atoms with E-state index in [1.165, 1.54) is 18.7 Å². The molecular weight excluding hydrogens is 422 g/mol. The molecule has 0 aliphatic carbocycles. The molecule has 0 spiro atoms. The number of aromatic nitrogens is 3. The Bertz CT molecular complexity index is 1070. The van der Waals surface area contributed by atoms with Crippen LogP contribution in [0.5, 0.6) is 0 Å². The normalized spacial score (nSPS) is 11.9. The third-order valence-corrected chi connectivity index (χ3v) is 5.73. The summed E-state index contributed by atoms with van der Waals surface area (Å²) in [7, 11) is 0. The number of rotatable bonds is 9. The van der Waals surface area contributed by atoms with Gasteiger partial charge in [0.25, 0.3) is 0 Å². The van der Waals surface area contributed by atoms with E-state index in [1.807, 2.05) is 66.1 Å². The highest BCUT2D eigenvalue weighted by Gasteiger charge is 2.18. The van der Waals surface area contributed by atoms with Crippen LogP contribution in [0.3, 0.4) is 0 Å². The van der Waals surface area contributed by atoms with Crippen molar-refractivity contribution in [2.75, 3.05) is 11.1 Å². The smallest absolute Gasteiger partial charge is 0.230 e. The Kier molecular flexibility index (Phi) is 8.05. The van der Waals surface area contributed by atoms with Crippen molar-refractivity contribution in [3.63, 3.8) is 0 Å². The molecule has 0 saturated heterocycles. The molecule has 1 unspecified atom stereocenters. The number of carbonyl (C=O) groups excluding carboxylic acids is 2. The van der Waals surface area contributed by atoms with Gasteiger partial charge < -0.3 is 10.6 Å². The molecule has 1 atom stereocenters. The summed E-state index contributed by atoms with van der Waals surface area (Å²) < 4.78 is 1.88. The van der Waals surface area contributed by atoms with Gasteiger partial charge in [0.1, 0.15) is 5.82 Å². The quantitative estimate of drug-likeness (QED) is 0.467. The fourth-order valence-electron chi connectivity index (χ4n) is 3.46. The monoisotopic (exact) mass is 451 g/mol. The maximum atomic E-state index is 12.8. The summed E-state index contributed by atoms with van der Waals surface area (Å²) in [5.41, 5.74) is 2.62. The van der Waals surface area contributed by atoms with Gasteiger partial charge >= 0.3 is 0 Å². The summed E-state index contributed by atoms with van der Waals surface area (Å²) in [6, 6.07) is 17.5. The first-order chi connectivity index (χ1) is 15.3. The molecule has 168 valence electrons. The minimum Gasteiger partial charge on any atom is -0.349 e. The van der Waals surface area contributed by atoms with Crippen LogP contribution in [0.1, 0.15) is 44.6 Å². The zero-order valence-corrected chi connectivity index (χ0v) is 19.6. The van der Waals surface area contributed by atoms with Crippen molar-refractivity contribution in [3.05, 3.63) is 66.0 Å². The van der Waals surface area contributed by atoms with Crippen LogP contribution >= 0.6 is 11.8 Å². The summed E-state index contributed by atoms with van der Waals surface area (Å²) in [6.07, 6.45) is 0.867. The molecule has 3 rings (SSSR count). The van der Waals surface area contributed by atoms with Crippen LogP contribution in [0.25, 0.3) is 5.69 Å². The number of carbonyl (C=O) groups is 2. The molecule has 0 aliphatic rings. The van der Waals surface area contributed by atoms with Crippen LogP contribution in [0, 0.1) is 12.8 Å². The summed E-state index contributed by atoms with van der Waals surface area (Å²) in [6.45, 7) is 7.63. The van der Waals surface area contributed by atoms with E-state index in [0.29, 0.717) is 22.6 Å². The third kappa shape index (κ3) is 6.43. The molecule has 2 aromatic carbocycles. The van der Waals surface area contributed by atoms with E-state index in [2.05, 4.69) is 34.7 Å². The van der Waals surface area contributed by atoms with Crippen LogP contribution in [0.2, 0.25) is 0 Å². The fourth-order valence-corrected chi connectivity index (χ4v) is 4.27. The Labute approximate surface area is 193 Å². The van der Waals surface area contributed by atoms with Crippen LogP contribution < -0.4 is 10.6 Å². The minimum atomic E-state index is -0.136. The SMILES string of the molecule is CC(=O)Nc1cccc(-n2c(C)nnc2SCC(=O)NC(CC(C)C)c2ccccc2)c1. The average Bonchev–Trinajstić information content (AvgIpc) is 3.12. The molecule has 2 N–H and O–H groups in total. The van der Waals surface area contributed by atoms with Gasteiger partial charge in [0, 0.05) is 12.6 Å². The first kappa shape index (κ1) is 23.5. The molecular formula is C24H29N5O2S. The average molecular weight is 452 g/mol. The summed E-state index contributed by atoms with van der Waals surface area (Å²) in [5.74, 6) is 1.20. The van der Waals surface area contributed by atoms with Crippen molar-refractivity contribution in [1.29, 1.82) is 0 Å². The molecule has 2 amide bonds. The lowest BCUT2D eigenvalue weighted by Gasteiger charge is -2.21. The van der Waals surface area contributed by atoms with Gasteiger partial charge in [-0.3, -0.25) is 14.2 Å². The van der Waals surface area contributed by atoms with Crippen LogP contribution in [0.4, 0.5) is 5.69 Å². The molecule has 32 heavy (non-hydrogen) atoms. The van der Waals surface area contributed by atoms with Crippen molar-refractivity contribution in [2.24, 2.45) is 5.92 Å². The number of amides is 2. The van der Waals surface area contributed by atoms with E-state index in [-0.39, 0.29) is 23.6 Å². The van der Waals surface area contributed by atoms with Crippen molar-refractivity contribution < 1.29 is 9.59 Å². The number of hydrogen-bond donors (Lipinski definition) is 2. The van der Waals surface area contributed by atoms with Crippen LogP contribution in [-0.2, 0) is 9.59 Å². The van der Waals surface area contributed by atoms with Gasteiger partial charge in [0.2, 0.25) is 11.8 Å². The Balaban J connectivity index is 1.71.